The van der Waals surface area contributed by atoms with Crippen molar-refractivity contribution in [1.82, 2.24) is 0 Å². The fourth-order valence-corrected chi connectivity index (χ4v) is 3.45. The summed E-state index contributed by atoms with van der Waals surface area (Å²) in [5, 5.41) is 0. The monoisotopic (exact) mass is 250 g/mol. The quantitative estimate of drug-likeness (QED) is 0.723. The zero-order chi connectivity index (χ0) is 13.4. The number of Topliss-reactive ketones (excluding diaryl/α,β-unsaturated/α-hetero) is 1. The van der Waals surface area contributed by atoms with Crippen LogP contribution in [0.2, 0.25) is 0 Å². The van der Waals surface area contributed by atoms with E-state index in [0.717, 1.165) is 18.4 Å². The maximum absolute atomic E-state index is 11.8. The number of esters is 1. The Morgan fingerprint density at radius 2 is 2.06 bits per heavy atom. The Morgan fingerprint density at radius 3 is 2.61 bits per heavy atom. The molecule has 0 spiro atoms. The average molecular weight is 250 g/mol. The maximum Gasteiger partial charge on any atom is 0.331 e. The summed E-state index contributed by atoms with van der Waals surface area (Å²) in [5.41, 5.74) is 1.06. The van der Waals surface area contributed by atoms with Crippen LogP contribution in [0.3, 0.4) is 0 Å². The number of carbonyl (C=O) groups is 2. The number of hydrogen-bond donors (Lipinski definition) is 0. The lowest BCUT2D eigenvalue weighted by Crippen LogP contribution is -2.34. The second-order valence-electron chi connectivity index (χ2n) is 6.01. The summed E-state index contributed by atoms with van der Waals surface area (Å²) < 4.78 is 5.49. The Hall–Kier alpha value is -1.12. The van der Waals surface area contributed by atoms with Gasteiger partial charge in [-0.1, -0.05) is 20.8 Å². The van der Waals surface area contributed by atoms with E-state index in [-0.39, 0.29) is 29.7 Å². The zero-order valence-electron chi connectivity index (χ0n) is 11.6. The highest BCUT2D eigenvalue weighted by Gasteiger charge is 2.46. The summed E-state index contributed by atoms with van der Waals surface area (Å²) in [6.07, 6.45) is 3.43. The molecule has 4 atom stereocenters. The van der Waals surface area contributed by atoms with Gasteiger partial charge >= 0.3 is 5.97 Å². The summed E-state index contributed by atoms with van der Waals surface area (Å²) in [6, 6.07) is 0. The number of carbonyl (C=O) groups excluding carboxylic acids is 2. The predicted molar refractivity (Wildman–Crippen MR) is 68.9 cm³/mol. The first-order chi connectivity index (χ1) is 8.41. The van der Waals surface area contributed by atoms with Gasteiger partial charge < -0.3 is 4.74 Å². The fraction of sp³-hybridized carbons (Fsp3) is 0.733. The third-order valence-electron chi connectivity index (χ3n) is 4.45. The van der Waals surface area contributed by atoms with Crippen molar-refractivity contribution < 1.29 is 14.3 Å². The van der Waals surface area contributed by atoms with Crippen molar-refractivity contribution in [2.75, 3.05) is 0 Å². The van der Waals surface area contributed by atoms with Crippen LogP contribution in [0.4, 0.5) is 0 Å². The molecule has 0 saturated heterocycles. The van der Waals surface area contributed by atoms with Crippen molar-refractivity contribution in [1.29, 1.82) is 0 Å². The van der Waals surface area contributed by atoms with E-state index >= 15 is 0 Å². The standard InChI is InChI=1S/C15H22O3/c1-8(2)12-7-13(17)18-15(12)14-9(3)5-6-11(14)10(4)16/h7-9,11,14-15H,5-6H2,1-4H3/t9-,11+,14-,15?/m1/s1. The first-order valence-corrected chi connectivity index (χ1v) is 6.84. The summed E-state index contributed by atoms with van der Waals surface area (Å²) in [7, 11) is 0. The van der Waals surface area contributed by atoms with Crippen LogP contribution < -0.4 is 0 Å². The topological polar surface area (TPSA) is 43.4 Å². The molecule has 3 nitrogen and oxygen atoms in total. The molecule has 3 heteroatoms. The van der Waals surface area contributed by atoms with E-state index in [0.29, 0.717) is 11.8 Å². The van der Waals surface area contributed by atoms with Crippen molar-refractivity contribution in [3.05, 3.63) is 11.6 Å². The molecule has 18 heavy (non-hydrogen) atoms. The highest BCUT2D eigenvalue weighted by molar-refractivity contribution is 5.86. The predicted octanol–water partition coefficient (Wildman–Crippen LogP) is 2.75. The van der Waals surface area contributed by atoms with E-state index in [1.807, 2.05) is 0 Å². The number of hydrogen-bond acceptors (Lipinski definition) is 3. The molecule has 0 aromatic heterocycles. The van der Waals surface area contributed by atoms with Crippen LogP contribution in [-0.4, -0.2) is 17.9 Å². The van der Waals surface area contributed by atoms with Crippen molar-refractivity contribution in [3.63, 3.8) is 0 Å². The van der Waals surface area contributed by atoms with Crippen LogP contribution in [0.25, 0.3) is 0 Å². The molecular weight excluding hydrogens is 228 g/mol. The van der Waals surface area contributed by atoms with E-state index in [1.165, 1.54) is 0 Å². The molecule has 0 amide bonds. The van der Waals surface area contributed by atoms with Crippen molar-refractivity contribution in [2.24, 2.45) is 23.7 Å². The van der Waals surface area contributed by atoms with Crippen molar-refractivity contribution in [3.8, 4) is 0 Å². The molecule has 1 aliphatic carbocycles. The second kappa shape index (κ2) is 4.87. The van der Waals surface area contributed by atoms with E-state index in [4.69, 9.17) is 4.74 Å². The van der Waals surface area contributed by atoms with E-state index < -0.39 is 0 Å². The average Bonchev–Trinajstić information content (AvgIpc) is 2.81. The van der Waals surface area contributed by atoms with Crippen molar-refractivity contribution in [2.45, 2.75) is 46.6 Å². The number of rotatable bonds is 3. The molecular formula is C15H22O3. The minimum Gasteiger partial charge on any atom is -0.454 e. The van der Waals surface area contributed by atoms with Gasteiger partial charge in [-0.25, -0.2) is 4.79 Å². The first-order valence-electron chi connectivity index (χ1n) is 6.84. The third kappa shape index (κ3) is 2.23. The largest absolute Gasteiger partial charge is 0.454 e. The maximum atomic E-state index is 11.8. The zero-order valence-corrected chi connectivity index (χ0v) is 11.6. The summed E-state index contributed by atoms with van der Waals surface area (Å²) >= 11 is 0. The molecule has 1 aliphatic heterocycles. The van der Waals surface area contributed by atoms with Gasteiger partial charge in [0.1, 0.15) is 11.9 Å². The highest BCUT2D eigenvalue weighted by Crippen LogP contribution is 2.44. The molecule has 2 aliphatic rings. The molecule has 1 saturated carbocycles. The molecule has 0 aromatic carbocycles. The van der Waals surface area contributed by atoms with Crippen LogP contribution in [0, 0.1) is 23.7 Å². The Bertz CT molecular complexity index is 395. The molecule has 1 heterocycles. The first kappa shape index (κ1) is 13.3. The number of ketones is 1. The van der Waals surface area contributed by atoms with Gasteiger partial charge in [0, 0.05) is 17.9 Å². The molecule has 2 rings (SSSR count). The van der Waals surface area contributed by atoms with Gasteiger partial charge in [0.15, 0.2) is 0 Å². The summed E-state index contributed by atoms with van der Waals surface area (Å²) in [6.45, 7) is 7.97. The lowest BCUT2D eigenvalue weighted by Gasteiger charge is -2.29. The van der Waals surface area contributed by atoms with Crippen LogP contribution in [0.15, 0.2) is 11.6 Å². The summed E-state index contributed by atoms with van der Waals surface area (Å²) in [4.78, 5) is 23.3. The van der Waals surface area contributed by atoms with E-state index in [1.54, 1.807) is 13.0 Å². The highest BCUT2D eigenvalue weighted by atomic mass is 16.5. The molecule has 0 N–H and O–H groups in total. The van der Waals surface area contributed by atoms with Gasteiger partial charge in [-0.05, 0) is 37.2 Å². The number of cyclic esters (lactones) is 1. The molecule has 0 radical (unpaired) electrons. The number of ether oxygens (including phenoxy) is 1. The van der Waals surface area contributed by atoms with Gasteiger partial charge in [-0.15, -0.1) is 0 Å². The molecule has 100 valence electrons. The van der Waals surface area contributed by atoms with Gasteiger partial charge in [-0.3, -0.25) is 4.79 Å². The lowest BCUT2D eigenvalue weighted by molar-refractivity contribution is -0.143. The smallest absolute Gasteiger partial charge is 0.331 e. The Kier molecular flexibility index (Phi) is 3.60. The van der Waals surface area contributed by atoms with Crippen LogP contribution in [-0.2, 0) is 14.3 Å². The summed E-state index contributed by atoms with van der Waals surface area (Å²) in [5.74, 6) is 0.944. The minimum atomic E-state index is -0.245. The molecule has 0 bridgehead atoms. The van der Waals surface area contributed by atoms with Gasteiger partial charge in [0.2, 0.25) is 0 Å². The van der Waals surface area contributed by atoms with Crippen LogP contribution >= 0.6 is 0 Å². The lowest BCUT2D eigenvalue weighted by atomic mass is 9.78. The van der Waals surface area contributed by atoms with Crippen molar-refractivity contribution >= 4 is 11.8 Å². The SMILES string of the molecule is CC(=O)[C@@H]1CC[C@@H](C)[C@H]1C1OC(=O)C=C1C(C)C. The molecule has 1 fully saturated rings. The third-order valence-corrected chi connectivity index (χ3v) is 4.45. The second-order valence-corrected chi connectivity index (χ2v) is 6.01. The Labute approximate surface area is 109 Å². The Morgan fingerprint density at radius 1 is 1.39 bits per heavy atom. The fourth-order valence-electron chi connectivity index (χ4n) is 3.45. The van der Waals surface area contributed by atoms with E-state index in [9.17, 15) is 9.59 Å². The van der Waals surface area contributed by atoms with Crippen LogP contribution in [0.1, 0.15) is 40.5 Å². The van der Waals surface area contributed by atoms with Crippen LogP contribution in [0.5, 0.6) is 0 Å². The van der Waals surface area contributed by atoms with E-state index in [2.05, 4.69) is 20.8 Å². The van der Waals surface area contributed by atoms with Gasteiger partial charge in [0.05, 0.1) is 0 Å². The van der Waals surface area contributed by atoms with Gasteiger partial charge in [-0.2, -0.15) is 0 Å². The normalized spacial score (nSPS) is 35.8. The minimum absolute atomic E-state index is 0.0537. The Balaban J connectivity index is 2.27. The molecule has 1 unspecified atom stereocenters. The molecule has 0 aromatic rings. The van der Waals surface area contributed by atoms with Gasteiger partial charge in [0.25, 0.3) is 0 Å².